The fourth-order valence-electron chi connectivity index (χ4n) is 3.34. The van der Waals surface area contributed by atoms with Crippen molar-refractivity contribution in [1.82, 2.24) is 10.3 Å². The van der Waals surface area contributed by atoms with Gasteiger partial charge >= 0.3 is 6.09 Å². The van der Waals surface area contributed by atoms with Crippen molar-refractivity contribution in [2.75, 3.05) is 24.9 Å². The lowest BCUT2D eigenvalue weighted by molar-refractivity contribution is 0.188. The minimum absolute atomic E-state index is 0.0181. The summed E-state index contributed by atoms with van der Waals surface area (Å²) in [7, 11) is 3.03. The average Bonchev–Trinajstić information content (AvgIpc) is 3.57. The molecule has 9 nitrogen and oxygen atoms in total. The third-order valence-corrected chi connectivity index (χ3v) is 5.03. The second kappa shape index (κ2) is 9.38. The highest BCUT2D eigenvalue weighted by Gasteiger charge is 2.36. The number of anilines is 3. The molecule has 1 aromatic carbocycles. The van der Waals surface area contributed by atoms with Crippen molar-refractivity contribution in [2.24, 2.45) is 5.92 Å². The highest BCUT2D eigenvalue weighted by atomic mass is 19.1. The zero-order valence-corrected chi connectivity index (χ0v) is 17.4. The van der Waals surface area contributed by atoms with Gasteiger partial charge in [0.15, 0.2) is 17.5 Å². The molecule has 1 saturated carbocycles. The number of carboxylic acid groups (broad SMARTS) is 1. The van der Waals surface area contributed by atoms with Crippen LogP contribution >= 0.6 is 0 Å². The molecule has 1 heterocycles. The van der Waals surface area contributed by atoms with Gasteiger partial charge in [-0.05, 0) is 31.7 Å². The maximum Gasteiger partial charge on any atom is 0.404 e. The first-order valence-corrected chi connectivity index (χ1v) is 9.71. The molecule has 1 aromatic heterocycles. The second-order valence-electron chi connectivity index (χ2n) is 7.30. The first-order chi connectivity index (χ1) is 14.8. The largest absolute Gasteiger partial charge is 0.497 e. The zero-order valence-electron chi connectivity index (χ0n) is 17.4. The maximum atomic E-state index is 14.7. The number of rotatable bonds is 9. The topological polar surface area (TPSA) is 129 Å². The molecule has 1 amide bonds. The predicted octanol–water partition coefficient (Wildman–Crippen LogP) is 3.70. The van der Waals surface area contributed by atoms with Gasteiger partial charge in [-0.1, -0.05) is 0 Å². The number of benzene rings is 1. The highest BCUT2D eigenvalue weighted by Crippen LogP contribution is 2.36. The molecule has 0 saturated heterocycles. The molecular formula is C21H24FN5O4. The van der Waals surface area contributed by atoms with Crippen LogP contribution in [0.25, 0.3) is 0 Å². The van der Waals surface area contributed by atoms with Crippen LogP contribution in [0.15, 0.2) is 24.3 Å². The number of methoxy groups -OCH3 is 2. The van der Waals surface area contributed by atoms with E-state index in [2.05, 4.69) is 20.9 Å². The normalized spacial score (nSPS) is 14.7. The first-order valence-electron chi connectivity index (χ1n) is 9.71. The number of ether oxygens (including phenoxy) is 2. The summed E-state index contributed by atoms with van der Waals surface area (Å²) in [4.78, 5) is 15.3. The molecule has 0 radical (unpaired) electrons. The molecule has 4 N–H and O–H groups in total. The van der Waals surface area contributed by atoms with E-state index in [0.29, 0.717) is 17.2 Å². The number of pyridine rings is 1. The lowest BCUT2D eigenvalue weighted by atomic mass is 10.0. The Labute approximate surface area is 179 Å². The third-order valence-electron chi connectivity index (χ3n) is 5.03. The van der Waals surface area contributed by atoms with Crippen LogP contribution in [-0.2, 0) is 0 Å². The number of hydrogen-bond donors (Lipinski definition) is 4. The summed E-state index contributed by atoms with van der Waals surface area (Å²) in [6, 6.07) is 7.30. The quantitative estimate of drug-likeness (QED) is 0.475. The minimum atomic E-state index is -1.15. The Hall–Kier alpha value is -3.74. The van der Waals surface area contributed by atoms with E-state index in [1.165, 1.54) is 14.2 Å². The number of nitrogens with one attached hydrogen (secondary N) is 3. The molecular weight excluding hydrogens is 405 g/mol. The number of nitrogens with zero attached hydrogens (tertiary/aromatic N) is 2. The maximum absolute atomic E-state index is 14.7. The highest BCUT2D eigenvalue weighted by molar-refractivity contribution is 5.68. The van der Waals surface area contributed by atoms with Crippen molar-refractivity contribution in [3.63, 3.8) is 0 Å². The van der Waals surface area contributed by atoms with E-state index in [9.17, 15) is 14.4 Å². The molecule has 0 bridgehead atoms. The molecule has 2 atom stereocenters. The molecule has 2 aromatic rings. The Bertz CT molecular complexity index is 984. The van der Waals surface area contributed by atoms with Gasteiger partial charge in [0.1, 0.15) is 17.6 Å². The van der Waals surface area contributed by atoms with Crippen molar-refractivity contribution in [3.05, 3.63) is 35.6 Å². The molecule has 164 valence electrons. The second-order valence-corrected chi connectivity index (χ2v) is 7.30. The predicted molar refractivity (Wildman–Crippen MR) is 112 cm³/mol. The van der Waals surface area contributed by atoms with E-state index in [1.807, 2.05) is 6.07 Å². The van der Waals surface area contributed by atoms with Gasteiger partial charge in [-0.25, -0.2) is 14.2 Å². The Morgan fingerprint density at radius 3 is 2.39 bits per heavy atom. The van der Waals surface area contributed by atoms with Crippen LogP contribution in [0.5, 0.6) is 11.5 Å². The van der Waals surface area contributed by atoms with E-state index >= 15 is 0 Å². The standard InChI is InChI=1S/C21H24FN5O4/c1-11(24-21(28)29)18(12-4-5-12)26-20-17(22)6-13(10-23)19(27-20)25-14-7-15(30-2)9-16(8-14)31-3/h6-9,11-12,18,24H,4-5H2,1-3H3,(H,28,29)(H2,25,26,27)/t11-,18-/m0/s1. The van der Waals surface area contributed by atoms with E-state index < -0.39 is 18.0 Å². The summed E-state index contributed by atoms with van der Waals surface area (Å²) in [6.45, 7) is 1.72. The fraction of sp³-hybridized carbons (Fsp3) is 0.381. The van der Waals surface area contributed by atoms with E-state index in [-0.39, 0.29) is 29.2 Å². The molecule has 0 spiro atoms. The van der Waals surface area contributed by atoms with Crippen LogP contribution in [0.2, 0.25) is 0 Å². The lowest BCUT2D eigenvalue weighted by Crippen LogP contribution is -2.45. The van der Waals surface area contributed by atoms with Gasteiger partial charge < -0.3 is 30.5 Å². The number of halogens is 1. The molecule has 0 aliphatic heterocycles. The summed E-state index contributed by atoms with van der Waals surface area (Å²) >= 11 is 0. The number of hydrogen-bond acceptors (Lipinski definition) is 7. The Morgan fingerprint density at radius 2 is 1.87 bits per heavy atom. The first kappa shape index (κ1) is 22.0. The van der Waals surface area contributed by atoms with Gasteiger partial charge in [-0.15, -0.1) is 0 Å². The summed E-state index contributed by atoms with van der Waals surface area (Å²) in [5, 5.41) is 26.9. The minimum Gasteiger partial charge on any atom is -0.497 e. The molecule has 1 fully saturated rings. The van der Waals surface area contributed by atoms with Crippen molar-refractivity contribution in [3.8, 4) is 17.6 Å². The van der Waals surface area contributed by atoms with Crippen LogP contribution in [0.1, 0.15) is 25.3 Å². The molecule has 31 heavy (non-hydrogen) atoms. The van der Waals surface area contributed by atoms with Crippen LogP contribution in [0, 0.1) is 23.1 Å². The average molecular weight is 429 g/mol. The third kappa shape index (κ3) is 5.45. The van der Waals surface area contributed by atoms with Gasteiger partial charge in [0.25, 0.3) is 0 Å². The van der Waals surface area contributed by atoms with Crippen LogP contribution in [0.4, 0.5) is 26.5 Å². The van der Waals surface area contributed by atoms with Gasteiger partial charge in [-0.3, -0.25) is 0 Å². The molecule has 1 aliphatic carbocycles. The van der Waals surface area contributed by atoms with Crippen LogP contribution < -0.4 is 25.4 Å². The van der Waals surface area contributed by atoms with Crippen LogP contribution in [-0.4, -0.2) is 42.5 Å². The molecule has 10 heteroatoms. The van der Waals surface area contributed by atoms with Gasteiger partial charge in [0, 0.05) is 29.9 Å². The van der Waals surface area contributed by atoms with Crippen molar-refractivity contribution in [2.45, 2.75) is 31.8 Å². The number of amides is 1. The fourth-order valence-corrected chi connectivity index (χ4v) is 3.34. The van der Waals surface area contributed by atoms with E-state index in [4.69, 9.17) is 14.6 Å². The lowest BCUT2D eigenvalue weighted by Gasteiger charge is -2.26. The SMILES string of the molecule is COc1cc(Nc2nc(N[C@H](C3CC3)[C@H](C)NC(=O)O)c(F)cc2C#N)cc(OC)c1. The summed E-state index contributed by atoms with van der Waals surface area (Å²) in [5.74, 6) is 0.657. The Kier molecular flexibility index (Phi) is 6.65. The number of nitriles is 1. The number of aromatic nitrogens is 1. The molecule has 3 rings (SSSR count). The van der Waals surface area contributed by atoms with Gasteiger partial charge in [-0.2, -0.15) is 5.26 Å². The van der Waals surface area contributed by atoms with E-state index in [1.54, 1.807) is 25.1 Å². The Balaban J connectivity index is 1.91. The summed E-state index contributed by atoms with van der Waals surface area (Å²) in [5.41, 5.74) is 0.557. The Morgan fingerprint density at radius 1 is 1.23 bits per heavy atom. The summed E-state index contributed by atoms with van der Waals surface area (Å²) in [6.07, 6.45) is 0.675. The van der Waals surface area contributed by atoms with Crippen molar-refractivity contribution < 1.29 is 23.8 Å². The smallest absolute Gasteiger partial charge is 0.404 e. The van der Waals surface area contributed by atoms with E-state index in [0.717, 1.165) is 18.9 Å². The monoisotopic (exact) mass is 429 g/mol. The summed E-state index contributed by atoms with van der Waals surface area (Å²) < 4.78 is 25.2. The molecule has 1 aliphatic rings. The van der Waals surface area contributed by atoms with Crippen molar-refractivity contribution >= 4 is 23.4 Å². The van der Waals surface area contributed by atoms with Gasteiger partial charge in [0.2, 0.25) is 0 Å². The zero-order chi connectivity index (χ0) is 22.5. The van der Waals surface area contributed by atoms with Gasteiger partial charge in [0.05, 0.1) is 25.8 Å². The van der Waals surface area contributed by atoms with Crippen LogP contribution in [0.3, 0.4) is 0 Å². The number of carbonyl (C=O) groups is 1. The van der Waals surface area contributed by atoms with Crippen molar-refractivity contribution in [1.29, 1.82) is 5.26 Å². The molecule has 0 unspecified atom stereocenters.